The number of amides is 2. The molecule has 0 spiro atoms. The van der Waals surface area contributed by atoms with Gasteiger partial charge in [-0.2, -0.15) is 0 Å². The van der Waals surface area contributed by atoms with Gasteiger partial charge in [0.2, 0.25) is 0 Å². The number of likely N-dealkylation sites (tertiary alicyclic amines) is 1. The largest absolute Gasteiger partial charge is 0.345 e. The number of piperidine rings is 1. The van der Waals surface area contributed by atoms with E-state index in [-0.39, 0.29) is 17.9 Å². The van der Waals surface area contributed by atoms with E-state index in [1.165, 1.54) is 18.4 Å². The number of para-hydroxylation sites is 1. The Morgan fingerprint density at radius 1 is 0.882 bits per heavy atom. The van der Waals surface area contributed by atoms with Gasteiger partial charge in [-0.15, -0.1) is 0 Å². The minimum absolute atomic E-state index is 0.145. The van der Waals surface area contributed by atoms with Crippen molar-refractivity contribution >= 4 is 17.5 Å². The van der Waals surface area contributed by atoms with E-state index in [9.17, 15) is 9.59 Å². The molecule has 176 valence electrons. The van der Waals surface area contributed by atoms with Crippen LogP contribution in [0.4, 0.5) is 5.69 Å². The van der Waals surface area contributed by atoms with Crippen LogP contribution < -0.4 is 10.6 Å². The SMILES string of the molecule is CC1CCN(Cc2ccc(C(=O)Nc3ccccc3C(=O)N[C@H](C)c3ccccc3)cc2)CC1. The molecule has 0 aliphatic carbocycles. The Labute approximate surface area is 202 Å². The molecule has 3 aromatic rings. The first-order valence-electron chi connectivity index (χ1n) is 12.1. The molecule has 1 fully saturated rings. The van der Waals surface area contributed by atoms with Gasteiger partial charge in [-0.25, -0.2) is 0 Å². The molecule has 0 radical (unpaired) electrons. The number of hydrogen-bond donors (Lipinski definition) is 2. The molecule has 4 rings (SSSR count). The van der Waals surface area contributed by atoms with Crippen LogP contribution in [0.15, 0.2) is 78.9 Å². The lowest BCUT2D eigenvalue weighted by atomic mass is 9.99. The Morgan fingerprint density at radius 3 is 2.24 bits per heavy atom. The molecule has 0 saturated carbocycles. The third-order valence-corrected chi connectivity index (χ3v) is 6.57. The molecule has 34 heavy (non-hydrogen) atoms. The minimum Gasteiger partial charge on any atom is -0.345 e. The predicted molar refractivity (Wildman–Crippen MR) is 137 cm³/mol. The number of carbonyl (C=O) groups excluding carboxylic acids is 2. The highest BCUT2D eigenvalue weighted by molar-refractivity contribution is 6.09. The Balaban J connectivity index is 1.39. The fourth-order valence-corrected chi connectivity index (χ4v) is 4.32. The number of hydrogen-bond acceptors (Lipinski definition) is 3. The van der Waals surface area contributed by atoms with E-state index in [0.29, 0.717) is 16.8 Å². The number of carbonyl (C=O) groups is 2. The smallest absolute Gasteiger partial charge is 0.255 e. The second-order valence-corrected chi connectivity index (χ2v) is 9.26. The van der Waals surface area contributed by atoms with E-state index in [0.717, 1.165) is 31.1 Å². The first kappa shape index (κ1) is 23.7. The van der Waals surface area contributed by atoms with Gasteiger partial charge in [0.1, 0.15) is 0 Å². The first-order chi connectivity index (χ1) is 16.5. The Hall–Kier alpha value is -3.44. The van der Waals surface area contributed by atoms with Crippen molar-refractivity contribution in [3.63, 3.8) is 0 Å². The van der Waals surface area contributed by atoms with Gasteiger partial charge in [0.05, 0.1) is 17.3 Å². The Bertz CT molecular complexity index is 1100. The van der Waals surface area contributed by atoms with Crippen LogP contribution in [-0.2, 0) is 6.54 Å². The lowest BCUT2D eigenvalue weighted by molar-refractivity contribution is 0.0940. The van der Waals surface area contributed by atoms with Gasteiger partial charge in [-0.05, 0) is 74.2 Å². The second-order valence-electron chi connectivity index (χ2n) is 9.26. The molecule has 3 aromatic carbocycles. The van der Waals surface area contributed by atoms with E-state index in [2.05, 4.69) is 22.5 Å². The second kappa shape index (κ2) is 11.1. The molecule has 1 saturated heterocycles. The van der Waals surface area contributed by atoms with Crippen LogP contribution >= 0.6 is 0 Å². The van der Waals surface area contributed by atoms with E-state index < -0.39 is 0 Å². The van der Waals surface area contributed by atoms with Gasteiger partial charge in [0, 0.05) is 12.1 Å². The summed E-state index contributed by atoms with van der Waals surface area (Å²) in [7, 11) is 0. The van der Waals surface area contributed by atoms with Crippen molar-refractivity contribution in [3.05, 3.63) is 101 Å². The van der Waals surface area contributed by atoms with Gasteiger partial charge < -0.3 is 10.6 Å². The normalized spacial score (nSPS) is 15.5. The van der Waals surface area contributed by atoms with Crippen LogP contribution in [0.2, 0.25) is 0 Å². The van der Waals surface area contributed by atoms with Gasteiger partial charge >= 0.3 is 0 Å². The monoisotopic (exact) mass is 455 g/mol. The molecular weight excluding hydrogens is 422 g/mol. The number of rotatable bonds is 7. The third-order valence-electron chi connectivity index (χ3n) is 6.57. The number of nitrogens with one attached hydrogen (secondary N) is 2. The number of anilines is 1. The highest BCUT2D eigenvalue weighted by Crippen LogP contribution is 2.20. The first-order valence-corrected chi connectivity index (χ1v) is 12.1. The van der Waals surface area contributed by atoms with Crippen molar-refractivity contribution in [2.24, 2.45) is 5.92 Å². The van der Waals surface area contributed by atoms with Crippen LogP contribution in [-0.4, -0.2) is 29.8 Å². The van der Waals surface area contributed by atoms with Crippen LogP contribution in [0.3, 0.4) is 0 Å². The number of benzene rings is 3. The maximum absolute atomic E-state index is 13.0. The summed E-state index contributed by atoms with van der Waals surface area (Å²) in [5, 5.41) is 5.94. The van der Waals surface area contributed by atoms with Crippen LogP contribution in [0.5, 0.6) is 0 Å². The molecule has 2 amide bonds. The molecule has 2 N–H and O–H groups in total. The highest BCUT2D eigenvalue weighted by Gasteiger charge is 2.18. The molecule has 1 aliphatic rings. The summed E-state index contributed by atoms with van der Waals surface area (Å²) in [4.78, 5) is 28.3. The maximum atomic E-state index is 13.0. The van der Waals surface area contributed by atoms with Crippen molar-refractivity contribution in [2.75, 3.05) is 18.4 Å². The number of nitrogens with zero attached hydrogens (tertiary/aromatic N) is 1. The zero-order valence-electron chi connectivity index (χ0n) is 20.0. The molecule has 5 heteroatoms. The Morgan fingerprint density at radius 2 is 1.53 bits per heavy atom. The third kappa shape index (κ3) is 6.12. The lowest BCUT2D eigenvalue weighted by Gasteiger charge is -2.30. The molecule has 1 aliphatic heterocycles. The summed E-state index contributed by atoms with van der Waals surface area (Å²) < 4.78 is 0. The molecule has 0 aromatic heterocycles. The summed E-state index contributed by atoms with van der Waals surface area (Å²) >= 11 is 0. The van der Waals surface area contributed by atoms with E-state index in [4.69, 9.17) is 0 Å². The summed E-state index contributed by atoms with van der Waals surface area (Å²) in [6.45, 7) is 7.43. The molecule has 5 nitrogen and oxygen atoms in total. The van der Waals surface area contributed by atoms with Crippen molar-refractivity contribution in [3.8, 4) is 0 Å². The topological polar surface area (TPSA) is 61.4 Å². The van der Waals surface area contributed by atoms with Gasteiger partial charge in [0.15, 0.2) is 0 Å². The highest BCUT2D eigenvalue weighted by atomic mass is 16.2. The Kier molecular flexibility index (Phi) is 7.76. The lowest BCUT2D eigenvalue weighted by Crippen LogP contribution is -2.32. The van der Waals surface area contributed by atoms with Crippen molar-refractivity contribution in [1.29, 1.82) is 0 Å². The minimum atomic E-state index is -0.227. The zero-order chi connectivity index (χ0) is 23.9. The molecule has 0 bridgehead atoms. The molecular formula is C29H33N3O2. The van der Waals surface area contributed by atoms with Crippen LogP contribution in [0, 0.1) is 5.92 Å². The summed E-state index contributed by atoms with van der Waals surface area (Å²) in [6, 6.07) is 24.5. The average molecular weight is 456 g/mol. The zero-order valence-corrected chi connectivity index (χ0v) is 20.0. The van der Waals surface area contributed by atoms with Crippen LogP contribution in [0.1, 0.15) is 64.6 Å². The van der Waals surface area contributed by atoms with Gasteiger partial charge in [0.25, 0.3) is 11.8 Å². The van der Waals surface area contributed by atoms with Gasteiger partial charge in [-0.3, -0.25) is 14.5 Å². The quantitative estimate of drug-likeness (QED) is 0.483. The van der Waals surface area contributed by atoms with E-state index >= 15 is 0 Å². The van der Waals surface area contributed by atoms with Crippen molar-refractivity contribution < 1.29 is 9.59 Å². The molecule has 0 unspecified atom stereocenters. The maximum Gasteiger partial charge on any atom is 0.255 e. The fourth-order valence-electron chi connectivity index (χ4n) is 4.32. The van der Waals surface area contributed by atoms with Crippen molar-refractivity contribution in [2.45, 2.75) is 39.3 Å². The summed E-state index contributed by atoms with van der Waals surface area (Å²) in [5.74, 6) is 0.363. The average Bonchev–Trinajstić information content (AvgIpc) is 2.86. The van der Waals surface area contributed by atoms with Gasteiger partial charge in [-0.1, -0.05) is 61.5 Å². The fraction of sp³-hybridized carbons (Fsp3) is 0.310. The molecule has 1 atom stereocenters. The predicted octanol–water partition coefficient (Wildman–Crippen LogP) is 5.66. The van der Waals surface area contributed by atoms with E-state index in [1.54, 1.807) is 18.2 Å². The summed E-state index contributed by atoms with van der Waals surface area (Å²) in [5.41, 5.74) is 3.74. The summed E-state index contributed by atoms with van der Waals surface area (Å²) in [6.07, 6.45) is 2.50. The van der Waals surface area contributed by atoms with Crippen molar-refractivity contribution in [1.82, 2.24) is 10.2 Å². The standard InChI is InChI=1S/C29H33N3O2/c1-21-16-18-32(19-17-21)20-23-12-14-25(15-13-23)28(33)31-27-11-7-6-10-26(27)29(34)30-22(2)24-8-4-3-5-9-24/h3-15,21-22H,16-20H2,1-2H3,(H,30,34)(H,31,33)/t22-/m1/s1. The van der Waals surface area contributed by atoms with E-state index in [1.807, 2.05) is 67.6 Å². The van der Waals surface area contributed by atoms with Crippen LogP contribution in [0.25, 0.3) is 0 Å². The molecule has 1 heterocycles.